The van der Waals surface area contributed by atoms with Crippen molar-refractivity contribution in [1.82, 2.24) is 10.2 Å². The monoisotopic (exact) mass is 202 g/mol. The van der Waals surface area contributed by atoms with Gasteiger partial charge in [-0.1, -0.05) is 13.8 Å². The van der Waals surface area contributed by atoms with Gasteiger partial charge in [0, 0.05) is 36.7 Å². The predicted molar refractivity (Wildman–Crippen MR) is 61.5 cm³/mol. The van der Waals surface area contributed by atoms with Crippen LogP contribution < -0.4 is 5.32 Å². The molecular weight excluding hydrogens is 180 g/mol. The van der Waals surface area contributed by atoms with Gasteiger partial charge in [-0.05, 0) is 13.5 Å². The molecule has 1 aliphatic rings. The van der Waals surface area contributed by atoms with Crippen LogP contribution in [0, 0.1) is 0 Å². The molecule has 0 aromatic rings. The van der Waals surface area contributed by atoms with E-state index in [1.165, 1.54) is 18.8 Å². The van der Waals surface area contributed by atoms with Crippen molar-refractivity contribution in [3.8, 4) is 0 Å². The van der Waals surface area contributed by atoms with Crippen LogP contribution in [0.3, 0.4) is 0 Å². The maximum Gasteiger partial charge on any atom is 0.0193 e. The summed E-state index contributed by atoms with van der Waals surface area (Å²) >= 11 is 2.10. The van der Waals surface area contributed by atoms with Crippen molar-refractivity contribution >= 4 is 11.8 Å². The molecule has 2 unspecified atom stereocenters. The average Bonchev–Trinajstić information content (AvgIpc) is 2.14. The molecule has 0 radical (unpaired) electrons. The topological polar surface area (TPSA) is 15.3 Å². The van der Waals surface area contributed by atoms with Crippen LogP contribution in [-0.2, 0) is 0 Å². The van der Waals surface area contributed by atoms with E-state index in [0.717, 1.165) is 18.3 Å². The third kappa shape index (κ3) is 3.88. The molecule has 0 aromatic carbocycles. The van der Waals surface area contributed by atoms with E-state index in [-0.39, 0.29) is 0 Å². The molecule has 1 rings (SSSR count). The van der Waals surface area contributed by atoms with Crippen molar-refractivity contribution in [2.75, 3.05) is 31.9 Å². The molecule has 1 N–H and O–H groups in total. The number of hydrogen-bond acceptors (Lipinski definition) is 3. The minimum Gasteiger partial charge on any atom is -0.315 e. The predicted octanol–water partition coefficient (Wildman–Crippen LogP) is 1.42. The van der Waals surface area contributed by atoms with E-state index >= 15 is 0 Å². The highest BCUT2D eigenvalue weighted by atomic mass is 32.2. The fourth-order valence-corrected chi connectivity index (χ4v) is 2.77. The molecule has 0 bridgehead atoms. The summed E-state index contributed by atoms with van der Waals surface area (Å²) in [7, 11) is 0. The van der Waals surface area contributed by atoms with E-state index in [1.54, 1.807) is 0 Å². The number of thioether (sulfide) groups is 1. The number of likely N-dealkylation sites (N-methyl/N-ethyl adjacent to an activating group) is 1. The first-order valence-electron chi connectivity index (χ1n) is 5.30. The van der Waals surface area contributed by atoms with E-state index in [4.69, 9.17) is 0 Å². The summed E-state index contributed by atoms with van der Waals surface area (Å²) in [5.74, 6) is 1.30. The average molecular weight is 202 g/mol. The fourth-order valence-electron chi connectivity index (χ4n) is 1.73. The van der Waals surface area contributed by atoms with Crippen LogP contribution in [0.1, 0.15) is 20.8 Å². The lowest BCUT2D eigenvalue weighted by atomic mass is 10.2. The van der Waals surface area contributed by atoms with Gasteiger partial charge in [0.2, 0.25) is 0 Å². The lowest BCUT2D eigenvalue weighted by Crippen LogP contribution is -2.46. The molecule has 78 valence electrons. The zero-order valence-electron chi connectivity index (χ0n) is 9.05. The highest BCUT2D eigenvalue weighted by molar-refractivity contribution is 7.99. The standard InChI is InChI=1S/C10H22N2S/c1-4-11-7-9(2)12-5-6-13-10(3)8-12/h9-11H,4-8H2,1-3H3. The van der Waals surface area contributed by atoms with Crippen LogP contribution >= 0.6 is 11.8 Å². The minimum absolute atomic E-state index is 0.697. The van der Waals surface area contributed by atoms with Gasteiger partial charge in [-0.3, -0.25) is 4.90 Å². The van der Waals surface area contributed by atoms with Crippen molar-refractivity contribution in [3.63, 3.8) is 0 Å². The van der Waals surface area contributed by atoms with Gasteiger partial charge < -0.3 is 5.32 Å². The molecule has 1 heterocycles. The van der Waals surface area contributed by atoms with Crippen LogP contribution in [0.15, 0.2) is 0 Å². The quantitative estimate of drug-likeness (QED) is 0.742. The van der Waals surface area contributed by atoms with Crippen molar-refractivity contribution in [2.45, 2.75) is 32.1 Å². The second-order valence-corrected chi connectivity index (χ2v) is 5.38. The summed E-state index contributed by atoms with van der Waals surface area (Å²) in [6.07, 6.45) is 0. The molecule has 3 heteroatoms. The van der Waals surface area contributed by atoms with Crippen LogP contribution in [0.25, 0.3) is 0 Å². The van der Waals surface area contributed by atoms with Crippen molar-refractivity contribution < 1.29 is 0 Å². The van der Waals surface area contributed by atoms with Crippen molar-refractivity contribution in [3.05, 3.63) is 0 Å². The lowest BCUT2D eigenvalue weighted by Gasteiger charge is -2.35. The Labute approximate surface area is 86.5 Å². The van der Waals surface area contributed by atoms with Crippen LogP contribution in [-0.4, -0.2) is 48.1 Å². The Morgan fingerprint density at radius 2 is 2.38 bits per heavy atom. The normalized spacial score (nSPS) is 27.5. The van der Waals surface area contributed by atoms with E-state index in [1.807, 2.05) is 0 Å². The van der Waals surface area contributed by atoms with Gasteiger partial charge in [0.05, 0.1) is 0 Å². The summed E-state index contributed by atoms with van der Waals surface area (Å²) < 4.78 is 0. The van der Waals surface area contributed by atoms with Gasteiger partial charge in [-0.15, -0.1) is 0 Å². The van der Waals surface area contributed by atoms with E-state index < -0.39 is 0 Å². The van der Waals surface area contributed by atoms with E-state index in [9.17, 15) is 0 Å². The molecule has 0 aliphatic carbocycles. The van der Waals surface area contributed by atoms with Crippen LogP contribution in [0.5, 0.6) is 0 Å². The molecule has 0 saturated carbocycles. The van der Waals surface area contributed by atoms with Gasteiger partial charge in [-0.2, -0.15) is 11.8 Å². The zero-order valence-corrected chi connectivity index (χ0v) is 9.86. The zero-order chi connectivity index (χ0) is 9.68. The summed E-state index contributed by atoms with van der Waals surface area (Å²) in [4.78, 5) is 2.60. The number of nitrogens with zero attached hydrogens (tertiary/aromatic N) is 1. The fraction of sp³-hybridized carbons (Fsp3) is 1.00. The molecule has 0 spiro atoms. The molecule has 0 aromatic heterocycles. The van der Waals surface area contributed by atoms with Crippen LogP contribution in [0.2, 0.25) is 0 Å². The Morgan fingerprint density at radius 1 is 1.62 bits per heavy atom. The summed E-state index contributed by atoms with van der Waals surface area (Å²) in [6.45, 7) is 11.6. The highest BCUT2D eigenvalue weighted by Gasteiger charge is 2.20. The lowest BCUT2D eigenvalue weighted by molar-refractivity contribution is 0.214. The number of rotatable bonds is 4. The smallest absolute Gasteiger partial charge is 0.0193 e. The first-order chi connectivity index (χ1) is 6.24. The second kappa shape index (κ2) is 5.89. The Hall–Kier alpha value is 0.270. The highest BCUT2D eigenvalue weighted by Crippen LogP contribution is 2.19. The molecule has 2 nitrogen and oxygen atoms in total. The largest absolute Gasteiger partial charge is 0.315 e. The maximum atomic E-state index is 3.41. The Morgan fingerprint density at radius 3 is 3.00 bits per heavy atom. The second-order valence-electron chi connectivity index (χ2n) is 3.83. The van der Waals surface area contributed by atoms with Crippen molar-refractivity contribution in [1.29, 1.82) is 0 Å². The summed E-state index contributed by atoms with van der Waals surface area (Å²) in [5.41, 5.74) is 0. The molecule has 1 saturated heterocycles. The summed E-state index contributed by atoms with van der Waals surface area (Å²) in [6, 6.07) is 0.697. The van der Waals surface area contributed by atoms with E-state index in [2.05, 4.69) is 42.7 Å². The van der Waals surface area contributed by atoms with Gasteiger partial charge in [0.25, 0.3) is 0 Å². The number of hydrogen-bond donors (Lipinski definition) is 1. The third-order valence-electron chi connectivity index (χ3n) is 2.59. The Bertz CT molecular complexity index is 141. The molecule has 2 atom stereocenters. The molecule has 0 amide bonds. The van der Waals surface area contributed by atoms with Gasteiger partial charge in [-0.25, -0.2) is 0 Å². The first-order valence-corrected chi connectivity index (χ1v) is 6.35. The molecule has 1 fully saturated rings. The summed E-state index contributed by atoms with van der Waals surface area (Å²) in [5, 5.41) is 4.23. The molecule has 13 heavy (non-hydrogen) atoms. The SMILES string of the molecule is CCNCC(C)N1CCSC(C)C1. The molecule has 1 aliphatic heterocycles. The minimum atomic E-state index is 0.697. The van der Waals surface area contributed by atoms with Gasteiger partial charge >= 0.3 is 0 Å². The number of nitrogens with one attached hydrogen (secondary N) is 1. The Kier molecular flexibility index (Phi) is 5.14. The van der Waals surface area contributed by atoms with Crippen LogP contribution in [0.4, 0.5) is 0 Å². The maximum absolute atomic E-state index is 3.41. The van der Waals surface area contributed by atoms with Gasteiger partial charge in [0.1, 0.15) is 0 Å². The third-order valence-corrected chi connectivity index (χ3v) is 3.72. The van der Waals surface area contributed by atoms with Gasteiger partial charge in [0.15, 0.2) is 0 Å². The Balaban J connectivity index is 2.24. The first kappa shape index (κ1) is 11.3. The molecular formula is C10H22N2S. The van der Waals surface area contributed by atoms with Crippen molar-refractivity contribution in [2.24, 2.45) is 0 Å². The van der Waals surface area contributed by atoms with E-state index in [0.29, 0.717) is 6.04 Å².